The molecule has 36 heavy (non-hydrogen) atoms. The van der Waals surface area contributed by atoms with Crippen LogP contribution in [0.3, 0.4) is 0 Å². The van der Waals surface area contributed by atoms with Gasteiger partial charge in [-0.2, -0.15) is 0 Å². The van der Waals surface area contributed by atoms with Crippen LogP contribution >= 0.6 is 0 Å². The Balaban J connectivity index is 2.24. The van der Waals surface area contributed by atoms with Crippen molar-refractivity contribution in [2.45, 2.75) is 143 Å². The van der Waals surface area contributed by atoms with Crippen LogP contribution in [-0.4, -0.2) is 54.4 Å². The van der Waals surface area contributed by atoms with E-state index in [1.54, 1.807) is 0 Å². The zero-order valence-electron chi connectivity index (χ0n) is 24.3. The minimum atomic E-state index is -0.336. The van der Waals surface area contributed by atoms with Gasteiger partial charge in [0.2, 0.25) is 0 Å². The number of ether oxygens (including phenoxy) is 1. The van der Waals surface area contributed by atoms with Crippen molar-refractivity contribution < 1.29 is 19.4 Å². The number of hydrogen-bond acceptors (Lipinski definition) is 4. The van der Waals surface area contributed by atoms with Gasteiger partial charge in [0.15, 0.2) is 0 Å². The quantitative estimate of drug-likeness (QED) is 0.112. The van der Waals surface area contributed by atoms with E-state index in [-0.39, 0.29) is 18.0 Å². The molecule has 212 valence electrons. The van der Waals surface area contributed by atoms with E-state index in [0.717, 1.165) is 64.6 Å². The molecular weight excluding hydrogens is 452 g/mol. The molecule has 0 aromatic heterocycles. The molecule has 2 N–H and O–H groups in total. The summed E-state index contributed by atoms with van der Waals surface area (Å²) in [6.07, 6.45) is 17.7. The van der Waals surface area contributed by atoms with Gasteiger partial charge in [0.1, 0.15) is 6.04 Å². The fourth-order valence-corrected chi connectivity index (χ4v) is 5.96. The lowest BCUT2D eigenvalue weighted by molar-refractivity contribution is -0.127. The number of nitrogens with zero attached hydrogens (tertiary/aromatic N) is 1. The molecule has 0 bridgehead atoms. The Kier molecular flexibility index (Phi) is 16.6. The number of carbonyl (C=O) groups is 2. The van der Waals surface area contributed by atoms with E-state index < -0.39 is 0 Å². The van der Waals surface area contributed by atoms with Crippen LogP contribution in [0.5, 0.6) is 0 Å². The maximum absolute atomic E-state index is 12.3. The molecular formula is C30H58N2O4. The SMILES string of the molecule is CCC1NC(=O)N(CCCC(CC)(CC)CCCCOCCCCC(CC)(CC)CCCCO)C1=O. The minimum absolute atomic E-state index is 0.0602. The molecule has 1 atom stereocenters. The van der Waals surface area contributed by atoms with E-state index in [2.05, 4.69) is 33.0 Å². The zero-order valence-corrected chi connectivity index (χ0v) is 24.3. The molecule has 0 radical (unpaired) electrons. The van der Waals surface area contributed by atoms with Crippen molar-refractivity contribution in [1.82, 2.24) is 10.2 Å². The number of imide groups is 1. The Morgan fingerprint density at radius 2 is 1.22 bits per heavy atom. The van der Waals surface area contributed by atoms with Gasteiger partial charge < -0.3 is 15.2 Å². The van der Waals surface area contributed by atoms with Crippen molar-refractivity contribution in [3.63, 3.8) is 0 Å². The van der Waals surface area contributed by atoms with Gasteiger partial charge in [0.25, 0.3) is 5.91 Å². The first-order valence-electron chi connectivity index (χ1n) is 15.2. The summed E-state index contributed by atoms with van der Waals surface area (Å²) in [6, 6.07) is -0.559. The number of nitrogens with one attached hydrogen (secondary N) is 1. The largest absolute Gasteiger partial charge is 0.396 e. The molecule has 0 aromatic rings. The molecule has 0 saturated carbocycles. The molecule has 0 aliphatic carbocycles. The predicted octanol–water partition coefficient (Wildman–Crippen LogP) is 7.23. The summed E-state index contributed by atoms with van der Waals surface area (Å²) in [4.78, 5) is 25.8. The number of aliphatic hydroxyl groups is 1. The summed E-state index contributed by atoms with van der Waals surface area (Å²) in [5.74, 6) is -0.0602. The first kappa shape index (κ1) is 32.9. The Labute approximate surface area is 222 Å². The second-order valence-electron chi connectivity index (χ2n) is 11.1. The Hall–Kier alpha value is -1.14. The molecule has 1 heterocycles. The van der Waals surface area contributed by atoms with E-state index in [4.69, 9.17) is 9.84 Å². The fourth-order valence-electron chi connectivity index (χ4n) is 5.96. The lowest BCUT2D eigenvalue weighted by Crippen LogP contribution is -2.33. The molecule has 1 fully saturated rings. The number of rotatable bonds is 23. The van der Waals surface area contributed by atoms with E-state index in [1.807, 2.05) is 6.92 Å². The molecule has 1 aliphatic heterocycles. The second-order valence-corrected chi connectivity index (χ2v) is 11.1. The van der Waals surface area contributed by atoms with E-state index in [9.17, 15) is 9.59 Å². The van der Waals surface area contributed by atoms with Gasteiger partial charge in [-0.1, -0.05) is 79.6 Å². The third kappa shape index (κ3) is 10.7. The predicted molar refractivity (Wildman–Crippen MR) is 149 cm³/mol. The number of aliphatic hydroxyl groups excluding tert-OH is 1. The molecule has 1 unspecified atom stereocenters. The van der Waals surface area contributed by atoms with E-state index in [1.165, 1.54) is 49.8 Å². The normalized spacial score (nSPS) is 16.7. The van der Waals surface area contributed by atoms with Crippen LogP contribution < -0.4 is 5.32 Å². The number of carbonyl (C=O) groups excluding carboxylic acids is 2. The van der Waals surface area contributed by atoms with Crippen molar-refractivity contribution in [2.75, 3.05) is 26.4 Å². The van der Waals surface area contributed by atoms with Gasteiger partial charge in [0.05, 0.1) is 0 Å². The van der Waals surface area contributed by atoms with Crippen molar-refractivity contribution in [3.05, 3.63) is 0 Å². The summed E-state index contributed by atoms with van der Waals surface area (Å²) in [5.41, 5.74) is 0.742. The van der Waals surface area contributed by atoms with Crippen LogP contribution in [0.15, 0.2) is 0 Å². The van der Waals surface area contributed by atoms with E-state index in [0.29, 0.717) is 30.4 Å². The van der Waals surface area contributed by atoms with Crippen molar-refractivity contribution in [1.29, 1.82) is 0 Å². The van der Waals surface area contributed by atoms with Crippen LogP contribution in [0.4, 0.5) is 4.79 Å². The Bertz CT molecular complexity index is 602. The standard InChI is InChI=1S/C30H58N2O4/c1-6-26-27(34)32(28(35)31-26)22-17-21-30(9-4,10-5)20-13-16-25-36-24-15-12-19-29(7-2,8-3)18-11-14-23-33/h26,33H,6-25H2,1-5H3,(H,31,35). The number of hydrogen-bond donors (Lipinski definition) is 2. The molecule has 1 aliphatic rings. The highest BCUT2D eigenvalue weighted by molar-refractivity contribution is 6.04. The topological polar surface area (TPSA) is 78.9 Å². The lowest BCUT2D eigenvalue weighted by atomic mass is 9.74. The van der Waals surface area contributed by atoms with Crippen LogP contribution in [0.1, 0.15) is 137 Å². The monoisotopic (exact) mass is 510 g/mol. The molecule has 0 spiro atoms. The van der Waals surface area contributed by atoms with Crippen molar-refractivity contribution >= 4 is 11.9 Å². The summed E-state index contributed by atoms with van der Waals surface area (Å²) in [5, 5.41) is 11.9. The highest BCUT2D eigenvalue weighted by Gasteiger charge is 2.36. The number of urea groups is 1. The smallest absolute Gasteiger partial charge is 0.324 e. The number of unbranched alkanes of at least 4 members (excludes halogenated alkanes) is 3. The van der Waals surface area contributed by atoms with Gasteiger partial charge >= 0.3 is 6.03 Å². The third-order valence-electron chi connectivity index (χ3n) is 9.21. The van der Waals surface area contributed by atoms with Crippen LogP contribution in [-0.2, 0) is 9.53 Å². The summed E-state index contributed by atoms with van der Waals surface area (Å²) < 4.78 is 5.97. The van der Waals surface area contributed by atoms with Gasteiger partial charge in [-0.25, -0.2) is 4.79 Å². The highest BCUT2D eigenvalue weighted by atomic mass is 16.5. The fraction of sp³-hybridized carbons (Fsp3) is 0.933. The summed E-state index contributed by atoms with van der Waals surface area (Å²) in [6.45, 7) is 13.7. The molecule has 6 nitrogen and oxygen atoms in total. The van der Waals surface area contributed by atoms with Gasteiger partial charge in [-0.05, 0) is 68.6 Å². The lowest BCUT2D eigenvalue weighted by Gasteiger charge is -2.32. The second kappa shape index (κ2) is 18.2. The van der Waals surface area contributed by atoms with Crippen LogP contribution in [0.2, 0.25) is 0 Å². The third-order valence-corrected chi connectivity index (χ3v) is 9.21. The van der Waals surface area contributed by atoms with Crippen molar-refractivity contribution in [2.24, 2.45) is 10.8 Å². The first-order chi connectivity index (χ1) is 17.4. The highest BCUT2D eigenvalue weighted by Crippen LogP contribution is 2.38. The molecule has 0 aromatic carbocycles. The molecule has 6 heteroatoms. The maximum Gasteiger partial charge on any atom is 0.324 e. The Morgan fingerprint density at radius 3 is 1.64 bits per heavy atom. The first-order valence-corrected chi connectivity index (χ1v) is 15.2. The average molecular weight is 511 g/mol. The van der Waals surface area contributed by atoms with Crippen LogP contribution in [0, 0.1) is 10.8 Å². The van der Waals surface area contributed by atoms with E-state index >= 15 is 0 Å². The molecule has 3 amide bonds. The van der Waals surface area contributed by atoms with Crippen molar-refractivity contribution in [3.8, 4) is 0 Å². The van der Waals surface area contributed by atoms with Crippen LogP contribution in [0.25, 0.3) is 0 Å². The zero-order chi connectivity index (χ0) is 26.9. The van der Waals surface area contributed by atoms with Gasteiger partial charge in [0, 0.05) is 26.4 Å². The number of amides is 3. The summed E-state index contributed by atoms with van der Waals surface area (Å²) >= 11 is 0. The molecule has 1 rings (SSSR count). The maximum atomic E-state index is 12.3. The van der Waals surface area contributed by atoms with Gasteiger partial charge in [-0.15, -0.1) is 0 Å². The molecule has 1 saturated heterocycles. The summed E-state index contributed by atoms with van der Waals surface area (Å²) in [7, 11) is 0. The van der Waals surface area contributed by atoms with Gasteiger partial charge in [-0.3, -0.25) is 9.69 Å². The Morgan fingerprint density at radius 1 is 0.750 bits per heavy atom. The minimum Gasteiger partial charge on any atom is -0.396 e. The average Bonchev–Trinajstić information content (AvgIpc) is 3.18.